The molecular formula is C15H17BrO2. The third kappa shape index (κ3) is 2.26. The lowest BCUT2D eigenvalue weighted by molar-refractivity contribution is 0.169. The van der Waals surface area contributed by atoms with Gasteiger partial charge in [-0.2, -0.15) is 0 Å². The van der Waals surface area contributed by atoms with Crippen molar-refractivity contribution < 1.29 is 9.84 Å². The van der Waals surface area contributed by atoms with E-state index in [1.165, 1.54) is 0 Å². The average Bonchev–Trinajstić information content (AvgIpc) is 2.28. The molecule has 1 N–H and O–H groups in total. The Labute approximate surface area is 116 Å². The lowest BCUT2D eigenvalue weighted by atomic mass is 9.83. The van der Waals surface area contributed by atoms with E-state index in [0.29, 0.717) is 12.2 Å². The Morgan fingerprint density at radius 2 is 2.11 bits per heavy atom. The SMILES string of the molecule is C=C=C1COc2c(cc(Br)cc2C(C)(C)C)C1O. The normalized spacial score (nSPS) is 18.9. The van der Waals surface area contributed by atoms with Crippen molar-refractivity contribution in [3.05, 3.63) is 45.6 Å². The summed E-state index contributed by atoms with van der Waals surface area (Å²) < 4.78 is 6.73. The van der Waals surface area contributed by atoms with Gasteiger partial charge in [-0.15, -0.1) is 5.73 Å². The van der Waals surface area contributed by atoms with E-state index < -0.39 is 6.10 Å². The molecule has 2 nitrogen and oxygen atoms in total. The van der Waals surface area contributed by atoms with Crippen LogP contribution < -0.4 is 4.74 Å². The highest BCUT2D eigenvalue weighted by atomic mass is 79.9. The topological polar surface area (TPSA) is 29.5 Å². The first-order valence-electron chi connectivity index (χ1n) is 5.88. The van der Waals surface area contributed by atoms with E-state index in [1.807, 2.05) is 12.1 Å². The molecule has 0 saturated heterocycles. The molecule has 18 heavy (non-hydrogen) atoms. The fraction of sp³-hybridized carbons (Fsp3) is 0.400. The van der Waals surface area contributed by atoms with Crippen molar-refractivity contribution in [1.29, 1.82) is 0 Å². The first-order valence-corrected chi connectivity index (χ1v) is 6.67. The number of ether oxygens (including phenoxy) is 1. The molecule has 1 aliphatic heterocycles. The van der Waals surface area contributed by atoms with E-state index in [1.54, 1.807) is 0 Å². The molecule has 1 atom stereocenters. The van der Waals surface area contributed by atoms with Gasteiger partial charge in [0.1, 0.15) is 18.5 Å². The van der Waals surface area contributed by atoms with Crippen LogP contribution in [0.15, 0.2) is 34.5 Å². The summed E-state index contributed by atoms with van der Waals surface area (Å²) in [4.78, 5) is 0. The van der Waals surface area contributed by atoms with Gasteiger partial charge in [0.15, 0.2) is 0 Å². The van der Waals surface area contributed by atoms with Crippen LogP contribution in [0.5, 0.6) is 5.75 Å². The predicted molar refractivity (Wildman–Crippen MR) is 75.9 cm³/mol. The number of fused-ring (bicyclic) bond motifs is 1. The number of halogens is 1. The van der Waals surface area contributed by atoms with Crippen molar-refractivity contribution in [2.45, 2.75) is 32.3 Å². The van der Waals surface area contributed by atoms with Gasteiger partial charge in [0, 0.05) is 21.2 Å². The Balaban J connectivity index is 2.67. The Morgan fingerprint density at radius 3 is 2.67 bits per heavy atom. The van der Waals surface area contributed by atoms with Crippen LogP contribution in [0, 0.1) is 0 Å². The van der Waals surface area contributed by atoms with Gasteiger partial charge in [-0.3, -0.25) is 0 Å². The minimum absolute atomic E-state index is 0.0387. The summed E-state index contributed by atoms with van der Waals surface area (Å²) >= 11 is 3.49. The molecule has 1 aromatic carbocycles. The van der Waals surface area contributed by atoms with E-state index in [2.05, 4.69) is 49.0 Å². The van der Waals surface area contributed by atoms with Gasteiger partial charge in [0.05, 0.1) is 0 Å². The maximum atomic E-state index is 10.3. The number of hydrogen-bond acceptors (Lipinski definition) is 2. The van der Waals surface area contributed by atoms with E-state index in [9.17, 15) is 5.11 Å². The smallest absolute Gasteiger partial charge is 0.129 e. The number of aliphatic hydroxyl groups is 1. The van der Waals surface area contributed by atoms with Gasteiger partial charge in [0.2, 0.25) is 0 Å². The zero-order valence-corrected chi connectivity index (χ0v) is 12.5. The van der Waals surface area contributed by atoms with Crippen molar-refractivity contribution >= 4 is 15.9 Å². The zero-order valence-electron chi connectivity index (χ0n) is 10.9. The maximum Gasteiger partial charge on any atom is 0.129 e. The summed E-state index contributed by atoms with van der Waals surface area (Å²) in [6.07, 6.45) is -0.676. The van der Waals surface area contributed by atoms with Crippen molar-refractivity contribution in [3.63, 3.8) is 0 Å². The lowest BCUT2D eigenvalue weighted by Gasteiger charge is -2.30. The molecule has 1 aromatic rings. The summed E-state index contributed by atoms with van der Waals surface area (Å²) in [5.41, 5.74) is 5.27. The van der Waals surface area contributed by atoms with Crippen LogP contribution in [0.4, 0.5) is 0 Å². The monoisotopic (exact) mass is 308 g/mol. The van der Waals surface area contributed by atoms with Crippen LogP contribution in [-0.2, 0) is 5.41 Å². The largest absolute Gasteiger partial charge is 0.488 e. The van der Waals surface area contributed by atoms with Crippen molar-refractivity contribution in [1.82, 2.24) is 0 Å². The molecule has 0 bridgehead atoms. The fourth-order valence-electron chi connectivity index (χ4n) is 2.10. The highest BCUT2D eigenvalue weighted by Gasteiger charge is 2.30. The molecule has 0 saturated carbocycles. The van der Waals surface area contributed by atoms with Gasteiger partial charge in [0.25, 0.3) is 0 Å². The minimum atomic E-state index is -0.676. The van der Waals surface area contributed by atoms with Crippen molar-refractivity contribution in [2.75, 3.05) is 6.61 Å². The molecular weight excluding hydrogens is 292 g/mol. The molecule has 0 spiro atoms. The standard InChI is InChI=1S/C15H17BrO2/c1-5-9-8-18-14-11(13(9)17)6-10(16)7-12(14)15(2,3)4/h6-7,13,17H,1,8H2,2-4H3. The highest BCUT2D eigenvalue weighted by Crippen LogP contribution is 2.43. The van der Waals surface area contributed by atoms with Crippen LogP contribution in [0.25, 0.3) is 0 Å². The fourth-order valence-corrected chi connectivity index (χ4v) is 2.58. The Kier molecular flexibility index (Phi) is 3.41. The van der Waals surface area contributed by atoms with Gasteiger partial charge in [-0.1, -0.05) is 43.3 Å². The number of aliphatic hydroxyl groups excluding tert-OH is 1. The average molecular weight is 309 g/mol. The summed E-state index contributed by atoms with van der Waals surface area (Å²) in [5, 5.41) is 10.3. The molecule has 1 heterocycles. The van der Waals surface area contributed by atoms with Gasteiger partial charge in [-0.05, 0) is 17.5 Å². The molecule has 1 aliphatic rings. The van der Waals surface area contributed by atoms with E-state index >= 15 is 0 Å². The second-order valence-electron chi connectivity index (χ2n) is 5.51. The molecule has 0 radical (unpaired) electrons. The maximum absolute atomic E-state index is 10.3. The van der Waals surface area contributed by atoms with E-state index in [4.69, 9.17) is 4.74 Å². The molecule has 0 amide bonds. The molecule has 0 aliphatic carbocycles. The van der Waals surface area contributed by atoms with Crippen molar-refractivity contribution in [3.8, 4) is 5.75 Å². The molecule has 1 unspecified atom stereocenters. The van der Waals surface area contributed by atoms with Crippen molar-refractivity contribution in [2.24, 2.45) is 0 Å². The van der Waals surface area contributed by atoms with Gasteiger partial charge < -0.3 is 9.84 Å². The second-order valence-corrected chi connectivity index (χ2v) is 6.43. The molecule has 0 fully saturated rings. The van der Waals surface area contributed by atoms with Crippen LogP contribution >= 0.6 is 15.9 Å². The zero-order chi connectivity index (χ0) is 13.5. The molecule has 96 valence electrons. The van der Waals surface area contributed by atoms with E-state index in [0.717, 1.165) is 21.3 Å². The molecule has 2 rings (SSSR count). The summed E-state index contributed by atoms with van der Waals surface area (Å²) in [6.45, 7) is 10.3. The first-order chi connectivity index (χ1) is 8.34. The predicted octanol–water partition coefficient (Wildman–Crippen LogP) is 3.88. The van der Waals surface area contributed by atoms with Gasteiger partial charge >= 0.3 is 0 Å². The van der Waals surface area contributed by atoms with Crippen LogP contribution in [-0.4, -0.2) is 11.7 Å². The third-order valence-corrected chi connectivity index (χ3v) is 3.57. The Bertz CT molecular complexity index is 534. The number of benzene rings is 1. The van der Waals surface area contributed by atoms with Crippen LogP contribution in [0.1, 0.15) is 38.0 Å². The summed E-state index contributed by atoms with van der Waals surface area (Å²) in [7, 11) is 0. The first kappa shape index (κ1) is 13.4. The molecule has 3 heteroatoms. The lowest BCUT2D eigenvalue weighted by Crippen LogP contribution is -2.22. The summed E-state index contributed by atoms with van der Waals surface area (Å²) in [5.74, 6) is 0.789. The Hall–Kier alpha value is -1.02. The number of hydrogen-bond donors (Lipinski definition) is 1. The van der Waals surface area contributed by atoms with Crippen LogP contribution in [0.2, 0.25) is 0 Å². The highest BCUT2D eigenvalue weighted by molar-refractivity contribution is 9.10. The minimum Gasteiger partial charge on any atom is -0.488 e. The Morgan fingerprint density at radius 1 is 1.44 bits per heavy atom. The number of rotatable bonds is 0. The van der Waals surface area contributed by atoms with E-state index in [-0.39, 0.29) is 5.41 Å². The van der Waals surface area contributed by atoms with Gasteiger partial charge in [-0.25, -0.2) is 0 Å². The molecule has 0 aromatic heterocycles. The third-order valence-electron chi connectivity index (χ3n) is 3.11. The summed E-state index contributed by atoms with van der Waals surface area (Å²) in [6, 6.07) is 3.94. The van der Waals surface area contributed by atoms with Crippen LogP contribution in [0.3, 0.4) is 0 Å². The second kappa shape index (κ2) is 4.58. The quantitative estimate of drug-likeness (QED) is 0.737.